The molecule has 0 radical (unpaired) electrons. The molecule has 1 N–H and O–H groups in total. The lowest BCUT2D eigenvalue weighted by Gasteiger charge is -2.05. The van der Waals surface area contributed by atoms with Gasteiger partial charge in [0.05, 0.1) is 5.75 Å². The minimum atomic E-state index is 0.0205. The molecule has 1 aromatic heterocycles. The second-order valence-corrected chi connectivity index (χ2v) is 6.53. The molecule has 0 spiro atoms. The molecule has 3 nitrogen and oxygen atoms in total. The van der Waals surface area contributed by atoms with Gasteiger partial charge in [-0.3, -0.25) is 4.79 Å². The van der Waals surface area contributed by atoms with Crippen molar-refractivity contribution in [3.63, 3.8) is 0 Å². The summed E-state index contributed by atoms with van der Waals surface area (Å²) >= 11 is 1.57. The average Bonchev–Trinajstić information content (AvgIpc) is 2.90. The van der Waals surface area contributed by atoms with Crippen LogP contribution in [0.2, 0.25) is 0 Å². The molecule has 4 heteroatoms. The summed E-state index contributed by atoms with van der Waals surface area (Å²) in [5.41, 5.74) is 3.31. The Morgan fingerprint density at radius 1 is 1.13 bits per heavy atom. The lowest BCUT2D eigenvalue weighted by atomic mass is 10.1. The summed E-state index contributed by atoms with van der Waals surface area (Å²) in [6.07, 6.45) is 3.09. The van der Waals surface area contributed by atoms with Crippen molar-refractivity contribution in [3.8, 4) is 0 Å². The van der Waals surface area contributed by atoms with Crippen LogP contribution in [0.15, 0.2) is 59.6 Å². The lowest BCUT2D eigenvalue weighted by molar-refractivity contribution is -0.113. The van der Waals surface area contributed by atoms with E-state index in [-0.39, 0.29) is 5.91 Å². The van der Waals surface area contributed by atoms with E-state index < -0.39 is 0 Å². The fourth-order valence-corrected chi connectivity index (χ4v) is 3.50. The van der Waals surface area contributed by atoms with Crippen LogP contribution in [-0.4, -0.2) is 16.2 Å². The number of para-hydroxylation sites is 1. The second-order valence-electron chi connectivity index (χ2n) is 5.51. The zero-order valence-corrected chi connectivity index (χ0v) is 14.2. The highest BCUT2D eigenvalue weighted by molar-refractivity contribution is 8.00. The number of benzene rings is 2. The van der Waals surface area contributed by atoms with Gasteiger partial charge < -0.3 is 9.88 Å². The van der Waals surface area contributed by atoms with Crippen LogP contribution in [0, 0.1) is 0 Å². The predicted octanol–water partition coefficient (Wildman–Crippen LogP) is 4.47. The van der Waals surface area contributed by atoms with Crippen molar-refractivity contribution in [2.45, 2.75) is 18.2 Å². The fourth-order valence-electron chi connectivity index (χ4n) is 2.58. The number of fused-ring (bicyclic) bond motifs is 1. The lowest BCUT2D eigenvalue weighted by Crippen LogP contribution is -2.13. The van der Waals surface area contributed by atoms with Gasteiger partial charge in [0.2, 0.25) is 5.91 Å². The molecule has 0 unspecified atom stereocenters. The van der Waals surface area contributed by atoms with Gasteiger partial charge in [-0.15, -0.1) is 11.8 Å². The Bertz CT molecular complexity index is 821. The molecule has 0 aliphatic rings. The van der Waals surface area contributed by atoms with Gasteiger partial charge in [-0.25, -0.2) is 0 Å². The van der Waals surface area contributed by atoms with E-state index >= 15 is 0 Å². The Kier molecular flexibility index (Phi) is 4.72. The Hall–Kier alpha value is -2.20. The predicted molar refractivity (Wildman–Crippen MR) is 98.1 cm³/mol. The molecule has 0 aliphatic carbocycles. The molecule has 23 heavy (non-hydrogen) atoms. The van der Waals surface area contributed by atoms with Gasteiger partial charge in [-0.1, -0.05) is 37.3 Å². The standard InChI is InChI=1S/C19H20N2OS/c1-3-14-8-10-15(11-9-14)20-19(22)13-23-18-12-21(2)17-7-5-4-6-16(17)18/h4-12H,3,13H2,1-2H3,(H,20,22). The molecule has 0 saturated carbocycles. The number of hydrogen-bond acceptors (Lipinski definition) is 2. The average molecular weight is 324 g/mol. The molecule has 1 heterocycles. The van der Waals surface area contributed by atoms with E-state index in [2.05, 4.69) is 35.1 Å². The number of aryl methyl sites for hydroxylation is 2. The molecule has 118 valence electrons. The topological polar surface area (TPSA) is 34.0 Å². The highest BCUT2D eigenvalue weighted by Gasteiger charge is 2.09. The summed E-state index contributed by atoms with van der Waals surface area (Å²) in [5, 5.41) is 4.15. The molecule has 0 bridgehead atoms. The van der Waals surface area contributed by atoms with Gasteiger partial charge in [0.1, 0.15) is 0 Å². The van der Waals surface area contributed by atoms with Crippen molar-refractivity contribution >= 4 is 34.3 Å². The number of nitrogens with one attached hydrogen (secondary N) is 1. The first-order valence-corrected chi connectivity index (χ1v) is 8.71. The van der Waals surface area contributed by atoms with E-state index in [0.29, 0.717) is 5.75 Å². The van der Waals surface area contributed by atoms with Crippen LogP contribution in [0.3, 0.4) is 0 Å². The first-order chi connectivity index (χ1) is 11.2. The number of nitrogens with zero attached hydrogens (tertiary/aromatic N) is 1. The molecule has 0 saturated heterocycles. The molecule has 3 rings (SSSR count). The van der Waals surface area contributed by atoms with Crippen LogP contribution < -0.4 is 5.32 Å². The summed E-state index contributed by atoms with van der Waals surface area (Å²) in [4.78, 5) is 13.3. The van der Waals surface area contributed by atoms with Crippen molar-refractivity contribution in [3.05, 3.63) is 60.3 Å². The van der Waals surface area contributed by atoms with Crippen molar-refractivity contribution in [1.29, 1.82) is 0 Å². The zero-order chi connectivity index (χ0) is 16.2. The summed E-state index contributed by atoms with van der Waals surface area (Å²) in [6.45, 7) is 2.12. The summed E-state index contributed by atoms with van der Waals surface area (Å²) in [6, 6.07) is 16.3. The number of carbonyl (C=O) groups is 1. The van der Waals surface area contributed by atoms with Crippen LogP contribution in [-0.2, 0) is 18.3 Å². The van der Waals surface area contributed by atoms with E-state index in [1.807, 2.05) is 43.4 Å². The Balaban J connectivity index is 1.63. The van der Waals surface area contributed by atoms with Crippen molar-refractivity contribution in [2.75, 3.05) is 11.1 Å². The van der Waals surface area contributed by atoms with Gasteiger partial charge in [0, 0.05) is 34.7 Å². The van der Waals surface area contributed by atoms with Crippen LogP contribution in [0.25, 0.3) is 10.9 Å². The molecule has 3 aromatic rings. The van der Waals surface area contributed by atoms with Gasteiger partial charge in [0.25, 0.3) is 0 Å². The molecule has 0 aliphatic heterocycles. The summed E-state index contributed by atoms with van der Waals surface area (Å²) < 4.78 is 2.10. The molecular formula is C19H20N2OS. The monoisotopic (exact) mass is 324 g/mol. The second kappa shape index (κ2) is 6.92. The molecule has 1 amide bonds. The molecule has 0 atom stereocenters. The Morgan fingerprint density at radius 3 is 2.61 bits per heavy atom. The van der Waals surface area contributed by atoms with Crippen LogP contribution in [0.1, 0.15) is 12.5 Å². The number of amides is 1. The number of rotatable bonds is 5. The van der Waals surface area contributed by atoms with Crippen molar-refractivity contribution in [2.24, 2.45) is 7.05 Å². The minimum Gasteiger partial charge on any atom is -0.349 e. The highest BCUT2D eigenvalue weighted by Crippen LogP contribution is 2.29. The number of hydrogen-bond donors (Lipinski definition) is 1. The molecular weight excluding hydrogens is 304 g/mol. The van der Waals surface area contributed by atoms with Crippen LogP contribution in [0.4, 0.5) is 5.69 Å². The van der Waals surface area contributed by atoms with Crippen molar-refractivity contribution < 1.29 is 4.79 Å². The fraction of sp³-hybridized carbons (Fsp3) is 0.211. The van der Waals surface area contributed by atoms with Gasteiger partial charge in [-0.05, 0) is 30.2 Å². The zero-order valence-electron chi connectivity index (χ0n) is 13.4. The maximum Gasteiger partial charge on any atom is 0.234 e. The third-order valence-corrected chi connectivity index (χ3v) is 4.91. The number of carbonyl (C=O) groups excluding carboxylic acids is 1. The Morgan fingerprint density at radius 2 is 1.87 bits per heavy atom. The SMILES string of the molecule is CCc1ccc(NC(=O)CSc2cn(C)c3ccccc23)cc1. The first-order valence-electron chi connectivity index (χ1n) is 7.73. The normalized spacial score (nSPS) is 10.9. The number of anilines is 1. The number of aromatic nitrogens is 1. The first kappa shape index (κ1) is 15.7. The largest absolute Gasteiger partial charge is 0.349 e. The highest BCUT2D eigenvalue weighted by atomic mass is 32.2. The smallest absolute Gasteiger partial charge is 0.234 e. The summed E-state index contributed by atoms with van der Waals surface area (Å²) in [7, 11) is 2.03. The van der Waals surface area contributed by atoms with E-state index in [1.54, 1.807) is 11.8 Å². The summed E-state index contributed by atoms with van der Waals surface area (Å²) in [5.74, 6) is 0.427. The van der Waals surface area contributed by atoms with Gasteiger partial charge >= 0.3 is 0 Å². The maximum atomic E-state index is 12.1. The van der Waals surface area contributed by atoms with Crippen molar-refractivity contribution in [1.82, 2.24) is 4.57 Å². The van der Waals surface area contributed by atoms with Gasteiger partial charge in [0.15, 0.2) is 0 Å². The third kappa shape index (κ3) is 3.59. The molecule has 2 aromatic carbocycles. The minimum absolute atomic E-state index is 0.0205. The van der Waals surface area contributed by atoms with Gasteiger partial charge in [-0.2, -0.15) is 0 Å². The van der Waals surface area contributed by atoms with E-state index in [0.717, 1.165) is 17.0 Å². The molecule has 0 fully saturated rings. The number of thioether (sulfide) groups is 1. The van der Waals surface area contributed by atoms with E-state index in [4.69, 9.17) is 0 Å². The van der Waals surface area contributed by atoms with Crippen LogP contribution in [0.5, 0.6) is 0 Å². The van der Waals surface area contributed by atoms with E-state index in [9.17, 15) is 4.79 Å². The Labute approximate surface area is 140 Å². The quantitative estimate of drug-likeness (QED) is 0.703. The maximum absolute atomic E-state index is 12.1. The third-order valence-electron chi connectivity index (χ3n) is 3.87. The van der Waals surface area contributed by atoms with Crippen LogP contribution >= 0.6 is 11.8 Å². The van der Waals surface area contributed by atoms with E-state index in [1.165, 1.54) is 16.5 Å².